The van der Waals surface area contributed by atoms with Gasteiger partial charge in [-0.15, -0.1) is 0 Å². The maximum atomic E-state index is 9.47. The first-order valence-electron chi connectivity index (χ1n) is 3.74. The summed E-state index contributed by atoms with van der Waals surface area (Å²) in [5.74, 6) is 2.88. The molecule has 2 saturated carbocycles. The first kappa shape index (κ1) is 4.51. The Morgan fingerprint density at radius 1 is 1.11 bits per heavy atom. The van der Waals surface area contributed by atoms with Crippen LogP contribution in [0.15, 0.2) is 12.2 Å². The highest BCUT2D eigenvalue weighted by atomic mass is 16.3. The fourth-order valence-corrected chi connectivity index (χ4v) is 2.65. The molecule has 0 radical (unpaired) electrons. The summed E-state index contributed by atoms with van der Waals surface area (Å²) in [6.45, 7) is 0. The van der Waals surface area contributed by atoms with Crippen molar-refractivity contribution in [2.45, 2.75) is 12.5 Å². The molecule has 9 heavy (non-hydrogen) atoms. The van der Waals surface area contributed by atoms with Gasteiger partial charge in [-0.3, -0.25) is 0 Å². The van der Waals surface area contributed by atoms with Crippen molar-refractivity contribution in [3.05, 3.63) is 12.2 Å². The van der Waals surface area contributed by atoms with Crippen LogP contribution in [0.2, 0.25) is 0 Å². The summed E-state index contributed by atoms with van der Waals surface area (Å²) in [6, 6.07) is 0. The van der Waals surface area contributed by atoms with Gasteiger partial charge >= 0.3 is 0 Å². The molecule has 0 heterocycles. The zero-order chi connectivity index (χ0) is 6.01. The Balaban J connectivity index is 2.08. The highest BCUT2D eigenvalue weighted by Crippen LogP contribution is 2.62. The van der Waals surface area contributed by atoms with Crippen LogP contribution >= 0.6 is 0 Å². The van der Waals surface area contributed by atoms with Crippen molar-refractivity contribution in [1.82, 2.24) is 0 Å². The van der Waals surface area contributed by atoms with E-state index in [2.05, 4.69) is 12.2 Å². The van der Waals surface area contributed by atoms with E-state index in [1.165, 1.54) is 6.42 Å². The van der Waals surface area contributed by atoms with Crippen LogP contribution in [-0.2, 0) is 0 Å². The number of rotatable bonds is 0. The summed E-state index contributed by atoms with van der Waals surface area (Å²) >= 11 is 0. The van der Waals surface area contributed by atoms with Gasteiger partial charge < -0.3 is 5.11 Å². The quantitative estimate of drug-likeness (QED) is 0.471. The Morgan fingerprint density at radius 3 is 2.00 bits per heavy atom. The number of hydrogen-bond acceptors (Lipinski definition) is 1. The molecule has 3 aliphatic rings. The second-order valence-corrected chi connectivity index (χ2v) is 3.59. The molecular formula is C8H10O. The van der Waals surface area contributed by atoms with Crippen LogP contribution in [0.25, 0.3) is 0 Å². The normalized spacial score (nSPS) is 66.6. The van der Waals surface area contributed by atoms with Crippen molar-refractivity contribution in [2.24, 2.45) is 23.7 Å². The van der Waals surface area contributed by atoms with E-state index in [4.69, 9.17) is 0 Å². The third kappa shape index (κ3) is 0.351. The third-order valence-electron chi connectivity index (χ3n) is 3.22. The van der Waals surface area contributed by atoms with Gasteiger partial charge in [-0.1, -0.05) is 12.2 Å². The number of fused-ring (bicyclic) bond motifs is 5. The summed E-state index contributed by atoms with van der Waals surface area (Å²) in [5, 5.41) is 9.47. The lowest BCUT2D eigenvalue weighted by Crippen LogP contribution is -2.16. The van der Waals surface area contributed by atoms with E-state index in [1.54, 1.807) is 0 Å². The molecule has 1 nitrogen and oxygen atoms in total. The van der Waals surface area contributed by atoms with Crippen molar-refractivity contribution in [2.75, 3.05) is 0 Å². The number of hydrogen-bond donors (Lipinski definition) is 1. The second kappa shape index (κ2) is 1.10. The van der Waals surface area contributed by atoms with Crippen LogP contribution in [-0.4, -0.2) is 11.2 Å². The minimum Gasteiger partial charge on any atom is -0.392 e. The topological polar surface area (TPSA) is 20.2 Å². The lowest BCUT2D eigenvalue weighted by atomic mass is 10.0. The summed E-state index contributed by atoms with van der Waals surface area (Å²) in [6.07, 6.45) is 5.82. The highest BCUT2D eigenvalue weighted by Gasteiger charge is 2.60. The van der Waals surface area contributed by atoms with E-state index < -0.39 is 0 Å². The molecule has 48 valence electrons. The van der Waals surface area contributed by atoms with Crippen LogP contribution in [0.3, 0.4) is 0 Å². The molecule has 0 aromatic rings. The summed E-state index contributed by atoms with van der Waals surface area (Å²) in [5.41, 5.74) is 0. The molecule has 3 rings (SSSR count). The van der Waals surface area contributed by atoms with E-state index in [0.29, 0.717) is 11.8 Å². The number of aliphatic hydroxyl groups excluding tert-OH is 1. The Labute approximate surface area is 54.4 Å². The van der Waals surface area contributed by atoms with Gasteiger partial charge in [0.25, 0.3) is 0 Å². The Hall–Kier alpha value is -0.300. The van der Waals surface area contributed by atoms with Crippen molar-refractivity contribution >= 4 is 0 Å². The van der Waals surface area contributed by atoms with Crippen molar-refractivity contribution in [1.29, 1.82) is 0 Å². The summed E-state index contributed by atoms with van der Waals surface area (Å²) in [4.78, 5) is 0. The van der Waals surface area contributed by atoms with Gasteiger partial charge in [-0.05, 0) is 18.3 Å². The number of aliphatic hydroxyl groups is 1. The van der Waals surface area contributed by atoms with Gasteiger partial charge in [-0.25, -0.2) is 0 Å². The van der Waals surface area contributed by atoms with E-state index in [0.717, 1.165) is 11.8 Å². The van der Waals surface area contributed by atoms with E-state index in [1.807, 2.05) is 0 Å². The minimum atomic E-state index is 0.00810. The molecule has 2 bridgehead atoms. The molecule has 0 aromatic carbocycles. The standard InChI is InChI=1S/C8H10O/c9-8-4-1-2-5(8)7-3-6(4)7/h1-2,4-9H,3H2/t4-,5-,6-,7+,8?/m0/s1. The SMILES string of the molecule is OC1[C@H]2C=C[C@H]1[C@H]1C[C@H]12. The van der Waals surface area contributed by atoms with Crippen LogP contribution in [0, 0.1) is 23.7 Å². The zero-order valence-electron chi connectivity index (χ0n) is 5.20. The zero-order valence-corrected chi connectivity index (χ0v) is 5.20. The van der Waals surface area contributed by atoms with Crippen molar-refractivity contribution in [3.8, 4) is 0 Å². The Morgan fingerprint density at radius 2 is 1.67 bits per heavy atom. The Kier molecular flexibility index (Phi) is 0.552. The largest absolute Gasteiger partial charge is 0.392 e. The van der Waals surface area contributed by atoms with Gasteiger partial charge in [0.1, 0.15) is 0 Å². The average Bonchev–Trinajstić information content (AvgIpc) is 2.53. The molecule has 0 saturated heterocycles. The smallest absolute Gasteiger partial charge is 0.0670 e. The van der Waals surface area contributed by atoms with Gasteiger partial charge in [0.15, 0.2) is 0 Å². The molecule has 1 unspecified atom stereocenters. The monoisotopic (exact) mass is 122 g/mol. The Bertz CT molecular complexity index is 167. The molecule has 0 aliphatic heterocycles. The molecule has 0 spiro atoms. The summed E-state index contributed by atoms with van der Waals surface area (Å²) < 4.78 is 0. The predicted octanol–water partition coefficient (Wildman–Crippen LogP) is 0.799. The van der Waals surface area contributed by atoms with Gasteiger partial charge in [0.2, 0.25) is 0 Å². The molecule has 1 heteroatoms. The summed E-state index contributed by atoms with van der Waals surface area (Å²) in [7, 11) is 0. The minimum absolute atomic E-state index is 0.00810. The van der Waals surface area contributed by atoms with Crippen molar-refractivity contribution in [3.63, 3.8) is 0 Å². The van der Waals surface area contributed by atoms with Gasteiger partial charge in [0, 0.05) is 11.8 Å². The second-order valence-electron chi connectivity index (χ2n) is 3.59. The maximum absolute atomic E-state index is 9.47. The fourth-order valence-electron chi connectivity index (χ4n) is 2.65. The van der Waals surface area contributed by atoms with Crippen molar-refractivity contribution < 1.29 is 5.11 Å². The lowest BCUT2D eigenvalue weighted by Gasteiger charge is -2.10. The van der Waals surface area contributed by atoms with Crippen LogP contribution in [0.5, 0.6) is 0 Å². The molecule has 1 N–H and O–H groups in total. The van der Waals surface area contributed by atoms with Gasteiger partial charge in [-0.2, -0.15) is 0 Å². The van der Waals surface area contributed by atoms with Crippen LogP contribution < -0.4 is 0 Å². The van der Waals surface area contributed by atoms with E-state index in [9.17, 15) is 5.11 Å². The lowest BCUT2D eigenvalue weighted by molar-refractivity contribution is 0.118. The molecular weight excluding hydrogens is 112 g/mol. The molecule has 5 atom stereocenters. The maximum Gasteiger partial charge on any atom is 0.0670 e. The molecule has 3 aliphatic carbocycles. The highest BCUT2D eigenvalue weighted by molar-refractivity contribution is 5.24. The first-order valence-corrected chi connectivity index (χ1v) is 3.74. The molecule has 2 fully saturated rings. The van der Waals surface area contributed by atoms with E-state index >= 15 is 0 Å². The molecule has 0 aromatic heterocycles. The first-order chi connectivity index (χ1) is 4.38. The van der Waals surface area contributed by atoms with E-state index in [-0.39, 0.29) is 6.10 Å². The van der Waals surface area contributed by atoms with Gasteiger partial charge in [0.05, 0.1) is 6.10 Å². The molecule has 0 amide bonds. The van der Waals surface area contributed by atoms with Crippen LogP contribution in [0.4, 0.5) is 0 Å². The average molecular weight is 122 g/mol. The van der Waals surface area contributed by atoms with Crippen LogP contribution in [0.1, 0.15) is 6.42 Å². The fraction of sp³-hybridized carbons (Fsp3) is 0.750. The predicted molar refractivity (Wildman–Crippen MR) is 33.7 cm³/mol. The third-order valence-corrected chi connectivity index (χ3v) is 3.22.